The van der Waals surface area contributed by atoms with E-state index in [0.29, 0.717) is 23.5 Å². The molecule has 7 heteroatoms. The van der Waals surface area contributed by atoms with Crippen LogP contribution in [-0.2, 0) is 16.1 Å². The molecular weight excluding hydrogens is 358 g/mol. The smallest absolute Gasteiger partial charge is 0.374 e. The third kappa shape index (κ3) is 4.55. The predicted octanol–water partition coefficient (Wildman–Crippen LogP) is 3.38. The normalized spacial score (nSPS) is 11.0. The maximum absolute atomic E-state index is 12.3. The molecule has 7 nitrogen and oxygen atoms in total. The monoisotopic (exact) mass is 381 g/mol. The summed E-state index contributed by atoms with van der Waals surface area (Å²) in [6.07, 6.45) is 1.65. The number of nitrogens with one attached hydrogen (secondary N) is 1. The van der Waals surface area contributed by atoms with Crippen LogP contribution in [0.1, 0.15) is 28.6 Å². The van der Waals surface area contributed by atoms with Crippen LogP contribution in [0.3, 0.4) is 0 Å². The van der Waals surface area contributed by atoms with E-state index in [1.165, 1.54) is 0 Å². The summed E-state index contributed by atoms with van der Waals surface area (Å²) < 4.78 is 10.8. The lowest BCUT2D eigenvalue weighted by Gasteiger charge is -2.16. The summed E-state index contributed by atoms with van der Waals surface area (Å²) >= 11 is 0. The van der Waals surface area contributed by atoms with Crippen LogP contribution in [0.5, 0.6) is 0 Å². The van der Waals surface area contributed by atoms with E-state index in [-0.39, 0.29) is 24.8 Å². The number of ether oxygens (including phenoxy) is 1. The van der Waals surface area contributed by atoms with Crippen molar-refractivity contribution >= 4 is 28.7 Å². The highest BCUT2D eigenvalue weighted by Crippen LogP contribution is 2.27. The number of esters is 1. The van der Waals surface area contributed by atoms with E-state index < -0.39 is 5.97 Å². The second-order valence-electron chi connectivity index (χ2n) is 6.57. The number of aromatic nitrogens is 1. The number of fused-ring (bicyclic) bond motifs is 1. The Morgan fingerprint density at radius 1 is 1.25 bits per heavy atom. The highest BCUT2D eigenvalue weighted by Gasteiger charge is 2.23. The van der Waals surface area contributed by atoms with E-state index in [0.717, 1.165) is 10.9 Å². The van der Waals surface area contributed by atoms with Crippen LogP contribution in [0.2, 0.25) is 0 Å². The van der Waals surface area contributed by atoms with E-state index in [2.05, 4.69) is 10.3 Å². The number of para-hydroxylation sites is 1. The number of nitrogens with zero attached hydrogens (tertiary/aromatic N) is 2. The van der Waals surface area contributed by atoms with Crippen molar-refractivity contribution in [2.75, 3.05) is 25.5 Å². The van der Waals surface area contributed by atoms with Crippen molar-refractivity contribution in [1.29, 1.82) is 0 Å². The molecule has 0 fully saturated rings. The Kier molecular flexibility index (Phi) is 6.06. The van der Waals surface area contributed by atoms with Crippen LogP contribution in [0.15, 0.2) is 47.0 Å². The van der Waals surface area contributed by atoms with Gasteiger partial charge in [-0.2, -0.15) is 0 Å². The van der Waals surface area contributed by atoms with Crippen molar-refractivity contribution in [3.8, 4) is 0 Å². The third-order valence-corrected chi connectivity index (χ3v) is 4.18. The van der Waals surface area contributed by atoms with Crippen molar-refractivity contribution in [3.63, 3.8) is 0 Å². The minimum Gasteiger partial charge on any atom is -0.460 e. The number of benzene rings is 1. The Bertz CT molecular complexity index is 996. The fourth-order valence-corrected chi connectivity index (χ4v) is 2.98. The number of hydrogen-bond donors (Lipinski definition) is 1. The fourth-order valence-electron chi connectivity index (χ4n) is 2.98. The number of aryl methyl sites for hydroxylation is 1. The Balaban J connectivity index is 1.75. The second-order valence-corrected chi connectivity index (χ2v) is 6.57. The van der Waals surface area contributed by atoms with Gasteiger partial charge in [-0.25, -0.2) is 9.78 Å². The van der Waals surface area contributed by atoms with E-state index >= 15 is 0 Å². The fraction of sp³-hybridized carbons (Fsp3) is 0.286. The lowest BCUT2D eigenvalue weighted by atomic mass is 10.1. The van der Waals surface area contributed by atoms with Crippen molar-refractivity contribution in [2.24, 2.45) is 0 Å². The standard InChI is InChI=1S/C21H23N3O4/c1-4-27-21(26)20-16(15-7-5-6-8-17(15)28-20)12-24(3)13-19(25)23-18-11-14(2)9-10-22-18/h5-11H,4,12-13H2,1-3H3,(H,22,23,25). The summed E-state index contributed by atoms with van der Waals surface area (Å²) in [6.45, 7) is 4.44. The van der Waals surface area contributed by atoms with Gasteiger partial charge in [-0.05, 0) is 44.7 Å². The zero-order valence-corrected chi connectivity index (χ0v) is 16.2. The number of rotatable bonds is 7. The molecule has 0 bridgehead atoms. The lowest BCUT2D eigenvalue weighted by molar-refractivity contribution is -0.117. The van der Waals surface area contributed by atoms with Gasteiger partial charge < -0.3 is 14.5 Å². The summed E-state index contributed by atoms with van der Waals surface area (Å²) in [5, 5.41) is 3.61. The first-order valence-corrected chi connectivity index (χ1v) is 9.06. The van der Waals surface area contributed by atoms with E-state index in [9.17, 15) is 9.59 Å². The van der Waals surface area contributed by atoms with Crippen molar-refractivity contribution in [3.05, 3.63) is 59.5 Å². The van der Waals surface area contributed by atoms with E-state index in [4.69, 9.17) is 9.15 Å². The van der Waals surface area contributed by atoms with E-state index in [1.54, 1.807) is 32.3 Å². The summed E-state index contributed by atoms with van der Waals surface area (Å²) in [4.78, 5) is 30.6. The largest absolute Gasteiger partial charge is 0.460 e. The van der Waals surface area contributed by atoms with Crippen molar-refractivity contribution in [2.45, 2.75) is 20.4 Å². The molecule has 3 aromatic rings. The first-order chi connectivity index (χ1) is 13.5. The number of likely N-dealkylation sites (N-methyl/N-ethyl adjacent to an activating group) is 1. The molecule has 0 aliphatic heterocycles. The number of furan rings is 1. The summed E-state index contributed by atoms with van der Waals surface area (Å²) in [5.41, 5.74) is 2.34. The molecule has 2 heterocycles. The number of anilines is 1. The van der Waals surface area contributed by atoms with Gasteiger partial charge in [-0.15, -0.1) is 0 Å². The first kappa shape index (κ1) is 19.6. The Labute approximate surface area is 163 Å². The number of pyridine rings is 1. The maximum atomic E-state index is 12.3. The predicted molar refractivity (Wildman–Crippen MR) is 106 cm³/mol. The van der Waals surface area contributed by atoms with Crippen LogP contribution in [0.4, 0.5) is 5.82 Å². The average Bonchev–Trinajstić information content (AvgIpc) is 3.00. The van der Waals surface area contributed by atoms with Gasteiger partial charge in [0.25, 0.3) is 0 Å². The number of hydrogen-bond acceptors (Lipinski definition) is 6. The second kappa shape index (κ2) is 8.67. The van der Waals surface area contributed by atoms with Gasteiger partial charge in [0.1, 0.15) is 11.4 Å². The topological polar surface area (TPSA) is 84.7 Å². The molecule has 146 valence electrons. The SMILES string of the molecule is CCOC(=O)c1oc2ccccc2c1CN(C)CC(=O)Nc1cc(C)ccn1. The molecule has 0 saturated heterocycles. The quantitative estimate of drug-likeness (QED) is 0.632. The number of carbonyl (C=O) groups is 2. The summed E-state index contributed by atoms with van der Waals surface area (Å²) in [5.74, 6) is -0.00312. The van der Waals surface area contributed by atoms with Gasteiger partial charge in [0, 0.05) is 23.7 Å². The third-order valence-electron chi connectivity index (χ3n) is 4.18. The van der Waals surface area contributed by atoms with Crippen LogP contribution in [0.25, 0.3) is 11.0 Å². The highest BCUT2D eigenvalue weighted by atomic mass is 16.5. The van der Waals surface area contributed by atoms with E-state index in [1.807, 2.05) is 36.1 Å². The molecule has 1 aromatic carbocycles. The molecular formula is C21H23N3O4. The summed E-state index contributed by atoms with van der Waals surface area (Å²) in [6, 6.07) is 11.1. The van der Waals surface area contributed by atoms with Crippen molar-refractivity contribution < 1.29 is 18.7 Å². The molecule has 28 heavy (non-hydrogen) atoms. The van der Waals surface area contributed by atoms with Gasteiger partial charge in [-0.3, -0.25) is 9.69 Å². The first-order valence-electron chi connectivity index (χ1n) is 9.06. The van der Waals surface area contributed by atoms with Crippen molar-refractivity contribution in [1.82, 2.24) is 9.88 Å². The Hall–Kier alpha value is -3.19. The zero-order valence-electron chi connectivity index (χ0n) is 16.2. The van der Waals surface area contributed by atoms with Crippen LogP contribution in [0, 0.1) is 6.92 Å². The van der Waals surface area contributed by atoms with Crippen LogP contribution in [-0.4, -0.2) is 42.0 Å². The molecule has 0 unspecified atom stereocenters. The van der Waals surface area contributed by atoms with Gasteiger partial charge in [0.05, 0.1) is 13.2 Å². The Morgan fingerprint density at radius 2 is 2.04 bits per heavy atom. The molecule has 0 atom stereocenters. The molecule has 0 radical (unpaired) electrons. The highest BCUT2D eigenvalue weighted by molar-refractivity contribution is 5.96. The molecule has 0 aliphatic carbocycles. The number of amides is 1. The lowest BCUT2D eigenvalue weighted by Crippen LogP contribution is -2.30. The summed E-state index contributed by atoms with van der Waals surface area (Å²) in [7, 11) is 1.81. The molecule has 3 rings (SSSR count). The molecule has 0 saturated carbocycles. The minimum atomic E-state index is -0.504. The number of carbonyl (C=O) groups excluding carboxylic acids is 2. The molecule has 0 spiro atoms. The van der Waals surface area contributed by atoms with Gasteiger partial charge in [0.15, 0.2) is 0 Å². The zero-order chi connectivity index (χ0) is 20.1. The van der Waals surface area contributed by atoms with Gasteiger partial charge in [0.2, 0.25) is 11.7 Å². The molecule has 1 amide bonds. The minimum absolute atomic E-state index is 0.136. The average molecular weight is 381 g/mol. The van der Waals surface area contributed by atoms with Crippen LogP contribution < -0.4 is 5.32 Å². The van der Waals surface area contributed by atoms with Gasteiger partial charge >= 0.3 is 5.97 Å². The Morgan fingerprint density at radius 3 is 2.79 bits per heavy atom. The van der Waals surface area contributed by atoms with Gasteiger partial charge in [-0.1, -0.05) is 18.2 Å². The van der Waals surface area contributed by atoms with Crippen LogP contribution >= 0.6 is 0 Å². The molecule has 1 N–H and O–H groups in total. The molecule has 0 aliphatic rings. The maximum Gasteiger partial charge on any atom is 0.374 e. The molecule has 2 aromatic heterocycles.